The van der Waals surface area contributed by atoms with E-state index in [1.165, 1.54) is 25.7 Å². The Morgan fingerprint density at radius 2 is 1.29 bits per heavy atom. The molecule has 0 spiro atoms. The molecule has 0 aliphatic carbocycles. The topological polar surface area (TPSA) is 86.7 Å². The molecule has 0 bridgehead atoms. The fourth-order valence-corrected chi connectivity index (χ4v) is 5.11. The van der Waals surface area contributed by atoms with Crippen LogP contribution in [-0.4, -0.2) is 79.4 Å². The summed E-state index contributed by atoms with van der Waals surface area (Å²) in [4.78, 5) is 34.0. The van der Waals surface area contributed by atoms with Crippen molar-refractivity contribution in [3.8, 4) is 0 Å². The van der Waals surface area contributed by atoms with Gasteiger partial charge in [-0.3, -0.25) is 4.79 Å². The third kappa shape index (κ3) is 4.86. The lowest BCUT2D eigenvalue weighted by Crippen LogP contribution is -2.43. The third-order valence-electron chi connectivity index (χ3n) is 7.05. The van der Waals surface area contributed by atoms with Crippen molar-refractivity contribution >= 4 is 23.8 Å². The average Bonchev–Trinajstić information content (AvgIpc) is 3.60. The number of anilines is 3. The van der Waals surface area contributed by atoms with Crippen molar-refractivity contribution in [2.75, 3.05) is 67.1 Å². The predicted octanol–water partition coefficient (Wildman–Crippen LogP) is 1.58. The Labute approximate surface area is 184 Å². The zero-order valence-electron chi connectivity index (χ0n) is 18.5. The van der Waals surface area contributed by atoms with E-state index in [0.29, 0.717) is 6.54 Å². The molecule has 4 aliphatic heterocycles. The molecule has 9 nitrogen and oxygen atoms in total. The van der Waals surface area contributed by atoms with Gasteiger partial charge in [-0.05, 0) is 51.4 Å². The number of rotatable bonds is 6. The maximum absolute atomic E-state index is 12.6. The van der Waals surface area contributed by atoms with E-state index in [2.05, 4.69) is 20.0 Å². The number of carbonyl (C=O) groups excluding carboxylic acids is 1. The summed E-state index contributed by atoms with van der Waals surface area (Å²) in [5, 5.41) is 3.10. The van der Waals surface area contributed by atoms with Crippen molar-refractivity contribution < 1.29 is 9.53 Å². The summed E-state index contributed by atoms with van der Waals surface area (Å²) in [5.74, 6) is 2.65. The van der Waals surface area contributed by atoms with E-state index in [-0.39, 0.29) is 17.9 Å². The smallest absolute Gasteiger partial charge is 0.231 e. The molecular formula is C22H35N7O2. The van der Waals surface area contributed by atoms with Crippen molar-refractivity contribution in [2.24, 2.45) is 5.92 Å². The van der Waals surface area contributed by atoms with Crippen LogP contribution in [0.2, 0.25) is 0 Å². The molecule has 4 aliphatic rings. The molecule has 9 heteroatoms. The Balaban J connectivity index is 1.23. The second kappa shape index (κ2) is 9.54. The summed E-state index contributed by atoms with van der Waals surface area (Å²) in [6.45, 7) is 7.17. The van der Waals surface area contributed by atoms with Gasteiger partial charge >= 0.3 is 0 Å². The molecule has 4 fully saturated rings. The molecule has 1 atom stereocenters. The standard InChI is InChI=1S/C22H35N7O2/c30-19(23-16-18-6-5-15-31-18)17-7-13-29(14-8-17)22-25-20(27-9-1-2-10-27)24-21(26-22)28-11-3-4-12-28/h17-18H,1-16H2,(H,23,30)/t18-/m0/s1. The quantitative estimate of drug-likeness (QED) is 0.730. The normalized spacial score (nSPS) is 24.9. The number of ether oxygens (including phenoxy) is 1. The number of carbonyl (C=O) groups is 1. The Morgan fingerprint density at radius 1 is 0.774 bits per heavy atom. The predicted molar refractivity (Wildman–Crippen MR) is 120 cm³/mol. The van der Waals surface area contributed by atoms with Crippen LogP contribution in [0, 0.1) is 5.92 Å². The number of amides is 1. The van der Waals surface area contributed by atoms with Crippen LogP contribution in [0.25, 0.3) is 0 Å². The van der Waals surface area contributed by atoms with Gasteiger partial charge in [-0.15, -0.1) is 0 Å². The zero-order chi connectivity index (χ0) is 21.0. The lowest BCUT2D eigenvalue weighted by Gasteiger charge is -2.32. The Morgan fingerprint density at radius 3 is 1.77 bits per heavy atom. The van der Waals surface area contributed by atoms with Gasteiger partial charge in [0.25, 0.3) is 0 Å². The molecule has 0 aromatic carbocycles. The molecule has 1 N–H and O–H groups in total. The van der Waals surface area contributed by atoms with E-state index in [4.69, 9.17) is 19.7 Å². The summed E-state index contributed by atoms with van der Waals surface area (Å²) in [7, 11) is 0. The van der Waals surface area contributed by atoms with Gasteiger partial charge in [0.05, 0.1) is 6.10 Å². The minimum atomic E-state index is 0.0654. The molecule has 5 rings (SSSR count). The molecule has 31 heavy (non-hydrogen) atoms. The van der Waals surface area contributed by atoms with Crippen molar-refractivity contribution in [1.82, 2.24) is 20.3 Å². The second-order valence-corrected chi connectivity index (χ2v) is 9.27. The van der Waals surface area contributed by atoms with Gasteiger partial charge in [0.15, 0.2) is 0 Å². The average molecular weight is 430 g/mol. The van der Waals surface area contributed by atoms with Crippen LogP contribution in [0.4, 0.5) is 17.8 Å². The van der Waals surface area contributed by atoms with Crippen LogP contribution in [0.3, 0.4) is 0 Å². The molecule has 1 aromatic heterocycles. The van der Waals surface area contributed by atoms with Crippen molar-refractivity contribution in [3.63, 3.8) is 0 Å². The lowest BCUT2D eigenvalue weighted by atomic mass is 9.96. The van der Waals surface area contributed by atoms with Gasteiger partial charge in [-0.1, -0.05) is 0 Å². The van der Waals surface area contributed by atoms with Crippen LogP contribution in [0.15, 0.2) is 0 Å². The highest BCUT2D eigenvalue weighted by atomic mass is 16.5. The summed E-state index contributed by atoms with van der Waals surface area (Å²) in [5.41, 5.74) is 0. The minimum absolute atomic E-state index is 0.0654. The fourth-order valence-electron chi connectivity index (χ4n) is 5.11. The number of nitrogens with zero attached hydrogens (tertiary/aromatic N) is 6. The van der Waals surface area contributed by atoms with Crippen LogP contribution in [0.5, 0.6) is 0 Å². The number of piperidine rings is 1. The van der Waals surface area contributed by atoms with E-state index >= 15 is 0 Å². The molecule has 0 saturated carbocycles. The Kier molecular flexibility index (Phi) is 6.38. The first-order chi connectivity index (χ1) is 15.3. The third-order valence-corrected chi connectivity index (χ3v) is 7.05. The molecule has 170 valence electrons. The molecule has 0 unspecified atom stereocenters. The maximum Gasteiger partial charge on any atom is 0.231 e. The second-order valence-electron chi connectivity index (χ2n) is 9.27. The fraction of sp³-hybridized carbons (Fsp3) is 0.818. The molecular weight excluding hydrogens is 394 g/mol. The largest absolute Gasteiger partial charge is 0.376 e. The first-order valence-electron chi connectivity index (χ1n) is 12.2. The molecule has 1 aromatic rings. The summed E-state index contributed by atoms with van der Waals surface area (Å²) in [6.07, 6.45) is 8.82. The molecule has 1 amide bonds. The highest BCUT2D eigenvalue weighted by Gasteiger charge is 2.29. The zero-order valence-corrected chi connectivity index (χ0v) is 18.5. The van der Waals surface area contributed by atoms with Crippen LogP contribution < -0.4 is 20.0 Å². The minimum Gasteiger partial charge on any atom is -0.376 e. The van der Waals surface area contributed by atoms with Crippen molar-refractivity contribution in [1.29, 1.82) is 0 Å². The summed E-state index contributed by atoms with van der Waals surface area (Å²) >= 11 is 0. The van der Waals surface area contributed by atoms with Crippen molar-refractivity contribution in [3.05, 3.63) is 0 Å². The first-order valence-corrected chi connectivity index (χ1v) is 12.2. The SMILES string of the molecule is O=C(NC[C@@H]1CCCO1)C1CCN(c2nc(N3CCCC3)nc(N3CCCC3)n2)CC1. The number of hydrogen-bond donors (Lipinski definition) is 1. The summed E-state index contributed by atoms with van der Waals surface area (Å²) < 4.78 is 5.62. The van der Waals surface area contributed by atoms with Gasteiger partial charge in [0.2, 0.25) is 23.8 Å². The van der Waals surface area contributed by atoms with Gasteiger partial charge in [-0.2, -0.15) is 15.0 Å². The first kappa shape index (κ1) is 20.7. The summed E-state index contributed by atoms with van der Waals surface area (Å²) in [6, 6.07) is 0. The van der Waals surface area contributed by atoms with Crippen LogP contribution >= 0.6 is 0 Å². The molecule has 0 radical (unpaired) electrons. The van der Waals surface area contributed by atoms with Gasteiger partial charge in [-0.25, -0.2) is 0 Å². The molecule has 4 saturated heterocycles. The Bertz CT molecular complexity index is 716. The van der Waals surface area contributed by atoms with E-state index in [1.54, 1.807) is 0 Å². The van der Waals surface area contributed by atoms with Gasteiger partial charge in [0.1, 0.15) is 0 Å². The van der Waals surface area contributed by atoms with Crippen LogP contribution in [-0.2, 0) is 9.53 Å². The van der Waals surface area contributed by atoms with Crippen LogP contribution in [0.1, 0.15) is 51.4 Å². The van der Waals surface area contributed by atoms with Crippen molar-refractivity contribution in [2.45, 2.75) is 57.5 Å². The van der Waals surface area contributed by atoms with Gasteiger partial charge < -0.3 is 24.8 Å². The lowest BCUT2D eigenvalue weighted by molar-refractivity contribution is -0.126. The highest BCUT2D eigenvalue weighted by Crippen LogP contribution is 2.27. The van der Waals surface area contributed by atoms with Gasteiger partial charge in [0, 0.05) is 58.3 Å². The Hall–Kier alpha value is -2.16. The van der Waals surface area contributed by atoms with E-state index in [0.717, 1.165) is 89.4 Å². The van der Waals surface area contributed by atoms with E-state index < -0.39 is 0 Å². The number of aromatic nitrogens is 3. The van der Waals surface area contributed by atoms with E-state index in [9.17, 15) is 4.79 Å². The molecule has 5 heterocycles. The number of hydrogen-bond acceptors (Lipinski definition) is 8. The monoisotopic (exact) mass is 429 g/mol. The maximum atomic E-state index is 12.6. The number of nitrogens with one attached hydrogen (secondary N) is 1. The van der Waals surface area contributed by atoms with E-state index in [1.807, 2.05) is 0 Å². The highest BCUT2D eigenvalue weighted by molar-refractivity contribution is 5.79.